The van der Waals surface area contributed by atoms with E-state index in [1.54, 1.807) is 19.1 Å². The van der Waals surface area contributed by atoms with Gasteiger partial charge in [-0.05, 0) is 32.4 Å². The first-order valence-electron chi connectivity index (χ1n) is 5.76. The third kappa shape index (κ3) is 4.27. The molecule has 1 aromatic carbocycles. The molecule has 0 aliphatic rings. The zero-order chi connectivity index (χ0) is 12.8. The van der Waals surface area contributed by atoms with E-state index in [1.807, 2.05) is 26.0 Å². The zero-order valence-electron chi connectivity index (χ0n) is 10.4. The fraction of sp³-hybridized carbons (Fsp3) is 0.462. The van der Waals surface area contributed by atoms with Crippen molar-refractivity contribution < 1.29 is 9.53 Å². The van der Waals surface area contributed by atoms with E-state index in [0.717, 1.165) is 6.42 Å². The number of hydrogen-bond donors (Lipinski definition) is 1. The Morgan fingerprint density at radius 2 is 2.06 bits per heavy atom. The van der Waals surface area contributed by atoms with E-state index in [-0.39, 0.29) is 11.9 Å². The Kier molecular flexibility index (Phi) is 5.29. The summed E-state index contributed by atoms with van der Waals surface area (Å²) in [6.45, 7) is 5.69. The van der Waals surface area contributed by atoms with Crippen LogP contribution < -0.4 is 10.1 Å². The minimum atomic E-state index is -0.552. The van der Waals surface area contributed by atoms with Crippen LogP contribution in [-0.4, -0.2) is 18.1 Å². The predicted octanol–water partition coefficient (Wildman–Crippen LogP) is 3.02. The number of nitrogens with one attached hydrogen (secondary N) is 1. The van der Waals surface area contributed by atoms with Crippen LogP contribution in [0.4, 0.5) is 0 Å². The van der Waals surface area contributed by atoms with Crippen LogP contribution in [0.25, 0.3) is 0 Å². The lowest BCUT2D eigenvalue weighted by Crippen LogP contribution is -2.41. The van der Waals surface area contributed by atoms with E-state index in [0.29, 0.717) is 10.8 Å². The Balaban J connectivity index is 2.57. The highest BCUT2D eigenvalue weighted by atomic mass is 35.5. The van der Waals surface area contributed by atoms with Gasteiger partial charge in [0.15, 0.2) is 6.10 Å². The molecule has 0 bridgehead atoms. The Morgan fingerprint density at radius 3 is 2.65 bits per heavy atom. The summed E-state index contributed by atoms with van der Waals surface area (Å²) in [6.07, 6.45) is 0.341. The number of benzene rings is 1. The highest BCUT2D eigenvalue weighted by Gasteiger charge is 2.16. The average molecular weight is 256 g/mol. The summed E-state index contributed by atoms with van der Waals surface area (Å²) in [4.78, 5) is 11.7. The van der Waals surface area contributed by atoms with E-state index < -0.39 is 6.10 Å². The molecule has 0 aliphatic heterocycles. The topological polar surface area (TPSA) is 38.3 Å². The Bertz CT molecular complexity index is 381. The molecule has 0 spiro atoms. The third-order valence-electron chi connectivity index (χ3n) is 2.51. The van der Waals surface area contributed by atoms with Crippen molar-refractivity contribution in [2.24, 2.45) is 0 Å². The SMILES string of the molecule is CC[C@H](C)NC(=O)[C@@H](C)Oc1ccccc1Cl. The molecule has 0 aliphatic carbocycles. The van der Waals surface area contributed by atoms with Crippen molar-refractivity contribution in [3.05, 3.63) is 29.3 Å². The molecule has 3 nitrogen and oxygen atoms in total. The van der Waals surface area contributed by atoms with Crippen molar-refractivity contribution in [1.29, 1.82) is 0 Å². The van der Waals surface area contributed by atoms with Gasteiger partial charge in [-0.25, -0.2) is 0 Å². The summed E-state index contributed by atoms with van der Waals surface area (Å²) in [7, 11) is 0. The Hall–Kier alpha value is -1.22. The lowest BCUT2D eigenvalue weighted by Gasteiger charge is -2.18. The molecule has 0 saturated carbocycles. The van der Waals surface area contributed by atoms with Crippen LogP contribution >= 0.6 is 11.6 Å². The molecular formula is C13H18ClNO2. The molecule has 0 saturated heterocycles. The van der Waals surface area contributed by atoms with E-state index in [1.165, 1.54) is 0 Å². The first-order valence-corrected chi connectivity index (χ1v) is 6.14. The zero-order valence-corrected chi connectivity index (χ0v) is 11.1. The second-order valence-corrected chi connectivity index (χ2v) is 4.42. The molecule has 94 valence electrons. The van der Waals surface area contributed by atoms with Crippen molar-refractivity contribution in [1.82, 2.24) is 5.32 Å². The molecule has 2 atom stereocenters. The second-order valence-electron chi connectivity index (χ2n) is 4.01. The van der Waals surface area contributed by atoms with Gasteiger partial charge in [0, 0.05) is 6.04 Å². The van der Waals surface area contributed by atoms with Gasteiger partial charge in [0.05, 0.1) is 5.02 Å². The summed E-state index contributed by atoms with van der Waals surface area (Å²) < 4.78 is 5.51. The summed E-state index contributed by atoms with van der Waals surface area (Å²) in [5, 5.41) is 3.37. The number of carbonyl (C=O) groups is 1. The van der Waals surface area contributed by atoms with E-state index in [2.05, 4.69) is 5.32 Å². The summed E-state index contributed by atoms with van der Waals surface area (Å²) in [5.74, 6) is 0.403. The summed E-state index contributed by atoms with van der Waals surface area (Å²) >= 11 is 5.95. The van der Waals surface area contributed by atoms with Crippen molar-refractivity contribution in [3.63, 3.8) is 0 Å². The molecule has 1 aromatic rings. The molecule has 1 amide bonds. The largest absolute Gasteiger partial charge is 0.479 e. The molecule has 1 rings (SSSR count). The van der Waals surface area contributed by atoms with Crippen LogP contribution in [-0.2, 0) is 4.79 Å². The van der Waals surface area contributed by atoms with Crippen molar-refractivity contribution >= 4 is 17.5 Å². The smallest absolute Gasteiger partial charge is 0.260 e. The number of ether oxygens (including phenoxy) is 1. The summed E-state index contributed by atoms with van der Waals surface area (Å²) in [6, 6.07) is 7.27. The van der Waals surface area contributed by atoms with Crippen molar-refractivity contribution in [3.8, 4) is 5.75 Å². The van der Waals surface area contributed by atoms with Gasteiger partial charge >= 0.3 is 0 Å². The van der Waals surface area contributed by atoms with Crippen LogP contribution in [0.3, 0.4) is 0 Å². The predicted molar refractivity (Wildman–Crippen MR) is 69.4 cm³/mol. The highest BCUT2D eigenvalue weighted by Crippen LogP contribution is 2.24. The molecular weight excluding hydrogens is 238 g/mol. The van der Waals surface area contributed by atoms with Crippen LogP contribution in [0.1, 0.15) is 27.2 Å². The molecule has 17 heavy (non-hydrogen) atoms. The molecule has 1 N–H and O–H groups in total. The number of rotatable bonds is 5. The monoisotopic (exact) mass is 255 g/mol. The lowest BCUT2D eigenvalue weighted by molar-refractivity contribution is -0.127. The van der Waals surface area contributed by atoms with Gasteiger partial charge in [-0.1, -0.05) is 30.7 Å². The first kappa shape index (κ1) is 13.8. The van der Waals surface area contributed by atoms with Crippen molar-refractivity contribution in [2.45, 2.75) is 39.3 Å². The minimum absolute atomic E-state index is 0.126. The van der Waals surface area contributed by atoms with Crippen molar-refractivity contribution in [2.75, 3.05) is 0 Å². The fourth-order valence-electron chi connectivity index (χ4n) is 1.25. The van der Waals surface area contributed by atoms with Crippen LogP contribution in [0.2, 0.25) is 5.02 Å². The molecule has 0 aromatic heterocycles. The average Bonchev–Trinajstić information content (AvgIpc) is 2.31. The Labute approximate surface area is 107 Å². The standard InChI is InChI=1S/C13H18ClNO2/c1-4-9(2)15-13(16)10(3)17-12-8-6-5-7-11(12)14/h5-10H,4H2,1-3H3,(H,15,16)/t9-,10+/m0/s1. The first-order chi connectivity index (χ1) is 8.04. The van der Waals surface area contributed by atoms with Gasteiger partial charge in [0.1, 0.15) is 5.75 Å². The van der Waals surface area contributed by atoms with Gasteiger partial charge in [0.2, 0.25) is 0 Å². The van der Waals surface area contributed by atoms with E-state index in [9.17, 15) is 4.79 Å². The fourth-order valence-corrected chi connectivity index (χ4v) is 1.43. The maximum absolute atomic E-state index is 11.7. The van der Waals surface area contributed by atoms with Gasteiger partial charge in [-0.2, -0.15) is 0 Å². The van der Waals surface area contributed by atoms with Crippen LogP contribution in [0, 0.1) is 0 Å². The van der Waals surface area contributed by atoms with E-state index in [4.69, 9.17) is 16.3 Å². The number of amides is 1. The normalized spacial score (nSPS) is 13.9. The van der Waals surface area contributed by atoms with E-state index >= 15 is 0 Å². The van der Waals surface area contributed by atoms with Crippen LogP contribution in [0.5, 0.6) is 5.75 Å². The van der Waals surface area contributed by atoms with Gasteiger partial charge in [-0.3, -0.25) is 4.79 Å². The number of hydrogen-bond acceptors (Lipinski definition) is 2. The third-order valence-corrected chi connectivity index (χ3v) is 2.82. The van der Waals surface area contributed by atoms with Crippen LogP contribution in [0.15, 0.2) is 24.3 Å². The minimum Gasteiger partial charge on any atom is -0.479 e. The van der Waals surface area contributed by atoms with Gasteiger partial charge in [0.25, 0.3) is 5.91 Å². The van der Waals surface area contributed by atoms with Gasteiger partial charge < -0.3 is 10.1 Å². The summed E-state index contributed by atoms with van der Waals surface area (Å²) in [5.41, 5.74) is 0. The molecule has 0 unspecified atom stereocenters. The molecule has 0 fully saturated rings. The molecule has 0 radical (unpaired) electrons. The maximum Gasteiger partial charge on any atom is 0.260 e. The lowest BCUT2D eigenvalue weighted by atomic mass is 10.2. The molecule has 0 heterocycles. The number of halogens is 1. The quantitative estimate of drug-likeness (QED) is 0.878. The Morgan fingerprint density at radius 1 is 1.41 bits per heavy atom. The maximum atomic E-state index is 11.7. The number of para-hydroxylation sites is 1. The highest BCUT2D eigenvalue weighted by molar-refractivity contribution is 6.32. The molecule has 4 heteroatoms. The number of carbonyl (C=O) groups excluding carboxylic acids is 1. The van der Waals surface area contributed by atoms with Gasteiger partial charge in [-0.15, -0.1) is 0 Å². The second kappa shape index (κ2) is 6.50.